The van der Waals surface area contributed by atoms with Crippen LogP contribution in [0.2, 0.25) is 0 Å². The third-order valence-corrected chi connectivity index (χ3v) is 2.99. The summed E-state index contributed by atoms with van der Waals surface area (Å²) in [7, 11) is 0. The van der Waals surface area contributed by atoms with Crippen LogP contribution in [0, 0.1) is 0 Å². The second-order valence-electron chi connectivity index (χ2n) is 4.30. The Morgan fingerprint density at radius 1 is 1.00 bits per heavy atom. The van der Waals surface area contributed by atoms with E-state index in [1.807, 2.05) is 61.5 Å². The van der Waals surface area contributed by atoms with Gasteiger partial charge >= 0.3 is 0 Å². The topological polar surface area (TPSA) is 35.2 Å². The van der Waals surface area contributed by atoms with Gasteiger partial charge < -0.3 is 10.5 Å². The molecule has 0 aliphatic heterocycles. The molecule has 0 aliphatic rings. The Morgan fingerprint density at radius 2 is 1.68 bits per heavy atom. The number of ether oxygens (including phenoxy) is 1. The molecule has 0 unspecified atom stereocenters. The average molecular weight is 253 g/mol. The predicted octanol–water partition coefficient (Wildman–Crippen LogP) is 3.76. The molecule has 0 atom stereocenters. The highest BCUT2D eigenvalue weighted by Crippen LogP contribution is 2.21. The standard InChI is InChI=1S/C17H19NO/c1-2-7-14-8-5-6-11-17(14)19-13-16-10-4-3-9-15(16)12-18/h2-11H,12-13,18H2,1H3/b7-2+. The molecule has 19 heavy (non-hydrogen) atoms. The molecule has 0 bridgehead atoms. The Labute approximate surface area is 114 Å². The number of hydrogen-bond donors (Lipinski definition) is 1. The van der Waals surface area contributed by atoms with Crippen molar-refractivity contribution >= 4 is 6.08 Å². The molecule has 2 rings (SSSR count). The number of nitrogens with two attached hydrogens (primary N) is 1. The highest BCUT2D eigenvalue weighted by Gasteiger charge is 2.03. The Kier molecular flexibility index (Phi) is 4.76. The second kappa shape index (κ2) is 6.76. The molecule has 0 aliphatic carbocycles. The minimum absolute atomic E-state index is 0.538. The van der Waals surface area contributed by atoms with Gasteiger partial charge in [-0.25, -0.2) is 0 Å². The van der Waals surface area contributed by atoms with Gasteiger partial charge in [0.15, 0.2) is 0 Å². The van der Waals surface area contributed by atoms with Crippen LogP contribution in [0.4, 0.5) is 0 Å². The van der Waals surface area contributed by atoms with E-state index in [9.17, 15) is 0 Å². The Morgan fingerprint density at radius 3 is 2.42 bits per heavy atom. The van der Waals surface area contributed by atoms with Gasteiger partial charge in [-0.2, -0.15) is 0 Å². The van der Waals surface area contributed by atoms with E-state index < -0.39 is 0 Å². The molecule has 98 valence electrons. The van der Waals surface area contributed by atoms with E-state index in [1.54, 1.807) is 0 Å². The van der Waals surface area contributed by atoms with Crippen molar-refractivity contribution in [3.8, 4) is 5.75 Å². The molecule has 0 aromatic heterocycles. The third-order valence-electron chi connectivity index (χ3n) is 2.99. The van der Waals surface area contributed by atoms with Gasteiger partial charge in [-0.1, -0.05) is 54.6 Å². The van der Waals surface area contributed by atoms with Gasteiger partial charge in [-0.15, -0.1) is 0 Å². The summed E-state index contributed by atoms with van der Waals surface area (Å²) in [5, 5.41) is 0. The van der Waals surface area contributed by atoms with Crippen molar-refractivity contribution < 1.29 is 4.74 Å². The predicted molar refractivity (Wildman–Crippen MR) is 79.8 cm³/mol. The van der Waals surface area contributed by atoms with E-state index in [0.29, 0.717) is 13.2 Å². The van der Waals surface area contributed by atoms with Gasteiger partial charge in [0, 0.05) is 12.1 Å². The van der Waals surface area contributed by atoms with Crippen molar-refractivity contribution in [2.45, 2.75) is 20.1 Å². The molecular weight excluding hydrogens is 234 g/mol. The molecule has 2 nitrogen and oxygen atoms in total. The largest absolute Gasteiger partial charge is 0.488 e. The summed E-state index contributed by atoms with van der Waals surface area (Å²) < 4.78 is 5.91. The fourth-order valence-corrected chi connectivity index (χ4v) is 1.98. The average Bonchev–Trinajstić information content (AvgIpc) is 2.47. The summed E-state index contributed by atoms with van der Waals surface area (Å²) in [5.74, 6) is 0.896. The minimum Gasteiger partial charge on any atom is -0.488 e. The number of benzene rings is 2. The molecular formula is C17H19NO. The van der Waals surface area contributed by atoms with E-state index in [-0.39, 0.29) is 0 Å². The van der Waals surface area contributed by atoms with E-state index in [0.717, 1.165) is 22.4 Å². The molecule has 0 saturated carbocycles. The summed E-state index contributed by atoms with van der Waals surface area (Å²) in [4.78, 5) is 0. The monoisotopic (exact) mass is 253 g/mol. The highest BCUT2D eigenvalue weighted by molar-refractivity contribution is 5.56. The minimum atomic E-state index is 0.538. The summed E-state index contributed by atoms with van der Waals surface area (Å²) in [6, 6.07) is 16.1. The fourth-order valence-electron chi connectivity index (χ4n) is 1.98. The Balaban J connectivity index is 2.14. The van der Waals surface area contributed by atoms with Crippen LogP contribution in [0.3, 0.4) is 0 Å². The molecule has 0 spiro atoms. The summed E-state index contributed by atoms with van der Waals surface area (Å²) in [6.45, 7) is 3.08. The lowest BCUT2D eigenvalue weighted by molar-refractivity contribution is 0.304. The fraction of sp³-hybridized carbons (Fsp3) is 0.176. The Hall–Kier alpha value is -2.06. The van der Waals surface area contributed by atoms with Crippen LogP contribution >= 0.6 is 0 Å². The van der Waals surface area contributed by atoms with Crippen LogP contribution in [0.25, 0.3) is 6.08 Å². The molecule has 0 amide bonds. The van der Waals surface area contributed by atoms with Crippen molar-refractivity contribution in [2.75, 3.05) is 0 Å². The second-order valence-corrected chi connectivity index (χ2v) is 4.30. The van der Waals surface area contributed by atoms with Crippen LogP contribution in [-0.4, -0.2) is 0 Å². The summed E-state index contributed by atoms with van der Waals surface area (Å²) in [5.41, 5.74) is 9.09. The van der Waals surface area contributed by atoms with Crippen LogP contribution in [0.1, 0.15) is 23.6 Å². The zero-order valence-corrected chi connectivity index (χ0v) is 11.2. The lowest BCUT2D eigenvalue weighted by Crippen LogP contribution is -2.04. The molecule has 2 aromatic rings. The maximum atomic E-state index is 5.91. The maximum absolute atomic E-state index is 5.91. The Bertz CT molecular complexity index is 561. The number of rotatable bonds is 5. The zero-order chi connectivity index (χ0) is 13.5. The lowest BCUT2D eigenvalue weighted by atomic mass is 10.1. The van der Waals surface area contributed by atoms with Crippen LogP contribution in [0.5, 0.6) is 5.75 Å². The first-order chi connectivity index (χ1) is 9.35. The van der Waals surface area contributed by atoms with Crippen molar-refractivity contribution in [3.63, 3.8) is 0 Å². The van der Waals surface area contributed by atoms with Gasteiger partial charge in [0.2, 0.25) is 0 Å². The SMILES string of the molecule is C/C=C/c1ccccc1OCc1ccccc1CN. The first-order valence-electron chi connectivity index (χ1n) is 6.46. The van der Waals surface area contributed by atoms with Crippen molar-refractivity contribution in [3.05, 3.63) is 71.3 Å². The molecule has 0 saturated heterocycles. The molecule has 2 heteroatoms. The van der Waals surface area contributed by atoms with Crippen molar-refractivity contribution in [1.29, 1.82) is 0 Å². The van der Waals surface area contributed by atoms with E-state index in [1.165, 1.54) is 0 Å². The van der Waals surface area contributed by atoms with Crippen molar-refractivity contribution in [1.82, 2.24) is 0 Å². The first-order valence-corrected chi connectivity index (χ1v) is 6.46. The number of allylic oxidation sites excluding steroid dienone is 1. The maximum Gasteiger partial charge on any atom is 0.127 e. The molecule has 2 aromatic carbocycles. The lowest BCUT2D eigenvalue weighted by Gasteiger charge is -2.11. The van der Waals surface area contributed by atoms with Gasteiger partial charge in [-0.3, -0.25) is 0 Å². The van der Waals surface area contributed by atoms with Crippen molar-refractivity contribution in [2.24, 2.45) is 5.73 Å². The van der Waals surface area contributed by atoms with Crippen LogP contribution < -0.4 is 10.5 Å². The van der Waals surface area contributed by atoms with Gasteiger partial charge in [0.25, 0.3) is 0 Å². The van der Waals surface area contributed by atoms with E-state index in [4.69, 9.17) is 10.5 Å². The van der Waals surface area contributed by atoms with Gasteiger partial charge in [0.1, 0.15) is 12.4 Å². The van der Waals surface area contributed by atoms with E-state index in [2.05, 4.69) is 6.07 Å². The third kappa shape index (κ3) is 3.46. The van der Waals surface area contributed by atoms with Crippen LogP contribution in [0.15, 0.2) is 54.6 Å². The first kappa shape index (κ1) is 13.4. The summed E-state index contributed by atoms with van der Waals surface area (Å²) in [6.07, 6.45) is 4.06. The smallest absolute Gasteiger partial charge is 0.127 e. The zero-order valence-electron chi connectivity index (χ0n) is 11.2. The van der Waals surface area contributed by atoms with E-state index >= 15 is 0 Å². The molecule has 0 fully saturated rings. The quantitative estimate of drug-likeness (QED) is 0.880. The van der Waals surface area contributed by atoms with Gasteiger partial charge in [0.05, 0.1) is 0 Å². The van der Waals surface area contributed by atoms with Gasteiger partial charge in [-0.05, 0) is 24.1 Å². The normalized spacial score (nSPS) is 10.8. The number of para-hydroxylation sites is 1. The highest BCUT2D eigenvalue weighted by atomic mass is 16.5. The molecule has 2 N–H and O–H groups in total. The molecule has 0 heterocycles. The molecule has 0 radical (unpaired) electrons. The summed E-state index contributed by atoms with van der Waals surface area (Å²) >= 11 is 0. The van der Waals surface area contributed by atoms with Crippen LogP contribution in [-0.2, 0) is 13.2 Å². The number of hydrogen-bond acceptors (Lipinski definition) is 2.